The van der Waals surface area contributed by atoms with Gasteiger partial charge in [0.1, 0.15) is 0 Å². The lowest BCUT2D eigenvalue weighted by Gasteiger charge is -2.01. The van der Waals surface area contributed by atoms with Gasteiger partial charge in [0.2, 0.25) is 0 Å². The molecular weight excluding hydrogens is 128 g/mol. The van der Waals surface area contributed by atoms with Crippen LogP contribution in [-0.2, 0) is 0 Å². The summed E-state index contributed by atoms with van der Waals surface area (Å²) in [5.74, 6) is 3.16. The molecule has 1 aliphatic rings. The minimum Gasteiger partial charge on any atom is -0.160 e. The first-order chi connectivity index (χ1) is 3.30. The van der Waals surface area contributed by atoms with Crippen LogP contribution in [-0.4, -0.2) is 16.9 Å². The van der Waals surface area contributed by atoms with E-state index in [2.05, 4.69) is 6.92 Å². The van der Waals surface area contributed by atoms with Crippen molar-refractivity contribution in [1.82, 2.24) is 0 Å². The normalized spacial score (nSPS) is 42.0. The van der Waals surface area contributed by atoms with Crippen molar-refractivity contribution in [3.8, 4) is 0 Å². The van der Waals surface area contributed by atoms with Crippen molar-refractivity contribution in [3.63, 3.8) is 0 Å². The number of hydrogen-bond acceptors (Lipinski definition) is 1. The first-order valence-corrected chi connectivity index (χ1v) is 4.11. The Labute approximate surface area is 53.6 Å². The Kier molecular flexibility index (Phi) is 1.87. The molecule has 42 valence electrons. The van der Waals surface area contributed by atoms with Gasteiger partial charge in [0.05, 0.1) is 0 Å². The first kappa shape index (κ1) is 5.77. The monoisotopic (exact) mass is 136 g/mol. The van der Waals surface area contributed by atoms with E-state index < -0.39 is 0 Å². The minimum atomic E-state index is 0.449. The highest BCUT2D eigenvalue weighted by molar-refractivity contribution is 7.99. The zero-order valence-electron chi connectivity index (χ0n) is 4.36. The van der Waals surface area contributed by atoms with Gasteiger partial charge in [-0.2, -0.15) is 11.8 Å². The van der Waals surface area contributed by atoms with E-state index in [9.17, 15) is 0 Å². The zero-order chi connectivity index (χ0) is 5.28. The highest BCUT2D eigenvalue weighted by Gasteiger charge is 2.20. The second kappa shape index (κ2) is 2.27. The predicted molar refractivity (Wildman–Crippen MR) is 36.1 cm³/mol. The molecule has 0 aromatic carbocycles. The second-order valence-corrected chi connectivity index (χ2v) is 3.67. The molecule has 0 aromatic rings. The molecule has 0 nitrogen and oxygen atoms in total. The lowest BCUT2D eigenvalue weighted by Crippen LogP contribution is -2.05. The summed E-state index contributed by atoms with van der Waals surface area (Å²) in [6, 6.07) is 0. The number of rotatable bonds is 0. The smallest absolute Gasteiger partial charge is 0.0459 e. The maximum atomic E-state index is 5.84. The topological polar surface area (TPSA) is 0 Å². The van der Waals surface area contributed by atoms with E-state index in [1.54, 1.807) is 0 Å². The van der Waals surface area contributed by atoms with Crippen molar-refractivity contribution in [3.05, 3.63) is 0 Å². The van der Waals surface area contributed by atoms with E-state index >= 15 is 0 Å². The Morgan fingerprint density at radius 1 is 1.57 bits per heavy atom. The Balaban J connectivity index is 2.33. The molecule has 1 fully saturated rings. The van der Waals surface area contributed by atoms with Crippen molar-refractivity contribution < 1.29 is 0 Å². The summed E-state index contributed by atoms with van der Waals surface area (Å²) in [4.78, 5) is 0. The number of hydrogen-bond donors (Lipinski definition) is 0. The van der Waals surface area contributed by atoms with Crippen LogP contribution in [0.15, 0.2) is 0 Å². The van der Waals surface area contributed by atoms with Gasteiger partial charge < -0.3 is 0 Å². The Morgan fingerprint density at radius 3 is 2.43 bits per heavy atom. The second-order valence-electron chi connectivity index (χ2n) is 2.03. The van der Waals surface area contributed by atoms with Gasteiger partial charge in [-0.15, -0.1) is 11.6 Å². The molecule has 2 atom stereocenters. The third-order valence-corrected chi connectivity index (χ3v) is 3.40. The molecule has 0 spiro atoms. The minimum absolute atomic E-state index is 0.449. The molecule has 1 aliphatic heterocycles. The quantitative estimate of drug-likeness (QED) is 0.459. The Hall–Kier alpha value is 0.640. The summed E-state index contributed by atoms with van der Waals surface area (Å²) >= 11 is 7.80. The van der Waals surface area contributed by atoms with Crippen molar-refractivity contribution in [2.24, 2.45) is 5.92 Å². The lowest BCUT2D eigenvalue weighted by atomic mass is 10.2. The van der Waals surface area contributed by atoms with Crippen LogP contribution in [0, 0.1) is 5.92 Å². The van der Waals surface area contributed by atoms with E-state index in [1.807, 2.05) is 11.8 Å². The van der Waals surface area contributed by atoms with Crippen LogP contribution in [0.3, 0.4) is 0 Å². The average molecular weight is 137 g/mol. The Bertz CT molecular complexity index is 57.1. The van der Waals surface area contributed by atoms with Gasteiger partial charge in [-0.05, 0) is 11.7 Å². The fraction of sp³-hybridized carbons (Fsp3) is 1.00. The maximum absolute atomic E-state index is 5.84. The van der Waals surface area contributed by atoms with E-state index in [4.69, 9.17) is 11.6 Å². The molecule has 0 aliphatic carbocycles. The molecule has 0 N–H and O–H groups in total. The van der Waals surface area contributed by atoms with Crippen LogP contribution in [0.1, 0.15) is 6.92 Å². The largest absolute Gasteiger partial charge is 0.160 e. The number of alkyl halides is 1. The molecule has 1 heterocycles. The Morgan fingerprint density at radius 2 is 2.29 bits per heavy atom. The van der Waals surface area contributed by atoms with Crippen LogP contribution in [0.25, 0.3) is 0 Å². The van der Waals surface area contributed by atoms with Crippen LogP contribution in [0.5, 0.6) is 0 Å². The van der Waals surface area contributed by atoms with Crippen molar-refractivity contribution in [2.45, 2.75) is 12.3 Å². The molecule has 0 radical (unpaired) electrons. The van der Waals surface area contributed by atoms with Gasteiger partial charge >= 0.3 is 0 Å². The first-order valence-electron chi connectivity index (χ1n) is 2.52. The summed E-state index contributed by atoms with van der Waals surface area (Å²) in [7, 11) is 0. The average Bonchev–Trinajstić information content (AvgIpc) is 1.91. The van der Waals surface area contributed by atoms with E-state index in [-0.39, 0.29) is 0 Å². The molecule has 0 aromatic heterocycles. The molecule has 1 rings (SSSR count). The molecule has 2 heteroatoms. The van der Waals surface area contributed by atoms with Gasteiger partial charge in [-0.1, -0.05) is 6.92 Å². The molecule has 0 saturated carbocycles. The third-order valence-electron chi connectivity index (χ3n) is 1.28. The van der Waals surface area contributed by atoms with Gasteiger partial charge in [0.15, 0.2) is 0 Å². The summed E-state index contributed by atoms with van der Waals surface area (Å²) in [5.41, 5.74) is 0. The van der Waals surface area contributed by atoms with Crippen molar-refractivity contribution in [2.75, 3.05) is 11.5 Å². The highest BCUT2D eigenvalue weighted by Crippen LogP contribution is 2.27. The van der Waals surface area contributed by atoms with E-state index in [0.29, 0.717) is 5.38 Å². The van der Waals surface area contributed by atoms with Crippen molar-refractivity contribution >= 4 is 23.4 Å². The summed E-state index contributed by atoms with van der Waals surface area (Å²) in [6.07, 6.45) is 0. The number of halogens is 1. The summed E-state index contributed by atoms with van der Waals surface area (Å²) in [6.45, 7) is 2.21. The predicted octanol–water partition coefficient (Wildman–Crippen LogP) is 1.98. The SMILES string of the molecule is CC1CSCC1Cl. The van der Waals surface area contributed by atoms with E-state index in [1.165, 1.54) is 5.75 Å². The van der Waals surface area contributed by atoms with Crippen LogP contribution >= 0.6 is 23.4 Å². The van der Waals surface area contributed by atoms with Crippen LogP contribution in [0.4, 0.5) is 0 Å². The van der Waals surface area contributed by atoms with Crippen LogP contribution in [0.2, 0.25) is 0 Å². The zero-order valence-corrected chi connectivity index (χ0v) is 5.93. The van der Waals surface area contributed by atoms with Gasteiger partial charge in [0.25, 0.3) is 0 Å². The van der Waals surface area contributed by atoms with Gasteiger partial charge in [0, 0.05) is 11.1 Å². The third kappa shape index (κ3) is 1.26. The van der Waals surface area contributed by atoms with Crippen molar-refractivity contribution in [1.29, 1.82) is 0 Å². The van der Waals surface area contributed by atoms with Crippen LogP contribution < -0.4 is 0 Å². The van der Waals surface area contributed by atoms with Gasteiger partial charge in [-0.3, -0.25) is 0 Å². The fourth-order valence-electron chi connectivity index (χ4n) is 0.635. The highest BCUT2D eigenvalue weighted by atomic mass is 35.5. The fourth-order valence-corrected chi connectivity index (χ4v) is 2.39. The van der Waals surface area contributed by atoms with E-state index in [0.717, 1.165) is 11.7 Å². The molecule has 0 amide bonds. The molecule has 1 saturated heterocycles. The molecule has 2 unspecified atom stereocenters. The lowest BCUT2D eigenvalue weighted by molar-refractivity contribution is 0.677. The molecule has 7 heavy (non-hydrogen) atoms. The summed E-state index contributed by atoms with van der Waals surface area (Å²) < 4.78 is 0. The maximum Gasteiger partial charge on any atom is 0.0459 e. The number of thioether (sulfide) groups is 1. The standard InChI is InChI=1S/C5H9ClS/c1-4-2-7-3-5(4)6/h4-5H,2-3H2,1H3. The molecule has 0 bridgehead atoms. The van der Waals surface area contributed by atoms with Gasteiger partial charge in [-0.25, -0.2) is 0 Å². The summed E-state index contributed by atoms with van der Waals surface area (Å²) in [5, 5.41) is 0.449. The molecular formula is C5H9ClS.